The molecule has 7 heteroatoms. The van der Waals surface area contributed by atoms with Crippen molar-refractivity contribution in [3.05, 3.63) is 76.2 Å². The Morgan fingerprint density at radius 2 is 1.77 bits per heavy atom. The normalized spacial score (nSPS) is 11.9. The lowest BCUT2D eigenvalue weighted by atomic mass is 10.1. The largest absolute Gasteiger partial charge is 0.368 e. The van der Waals surface area contributed by atoms with E-state index in [9.17, 15) is 9.59 Å². The van der Waals surface area contributed by atoms with Crippen molar-refractivity contribution < 1.29 is 4.79 Å². The van der Waals surface area contributed by atoms with Crippen molar-refractivity contribution in [2.75, 3.05) is 0 Å². The van der Waals surface area contributed by atoms with Crippen molar-refractivity contribution in [3.8, 4) is 5.69 Å². The minimum Gasteiger partial charge on any atom is -0.348 e. The molecule has 1 amide bonds. The van der Waals surface area contributed by atoms with Gasteiger partial charge in [0, 0.05) is 0 Å². The van der Waals surface area contributed by atoms with Crippen LogP contribution in [-0.4, -0.2) is 25.7 Å². The lowest BCUT2D eigenvalue weighted by Gasteiger charge is -2.14. The van der Waals surface area contributed by atoms with Crippen LogP contribution < -0.4 is 11.0 Å². The molecule has 0 aliphatic heterocycles. The average Bonchev–Trinajstić information content (AvgIpc) is 3.02. The van der Waals surface area contributed by atoms with Gasteiger partial charge < -0.3 is 5.32 Å². The van der Waals surface area contributed by atoms with Crippen molar-refractivity contribution in [2.45, 2.75) is 32.9 Å². The highest BCUT2D eigenvalue weighted by atomic mass is 16.2. The molecule has 2 aromatic carbocycles. The maximum atomic E-state index is 12.4. The highest BCUT2D eigenvalue weighted by molar-refractivity contribution is 5.76. The first-order valence-corrected chi connectivity index (χ1v) is 8.55. The second-order valence-corrected chi connectivity index (χ2v) is 6.05. The third-order valence-corrected chi connectivity index (χ3v) is 4.20. The van der Waals surface area contributed by atoms with E-state index in [0.717, 1.165) is 16.7 Å². The summed E-state index contributed by atoms with van der Waals surface area (Å²) in [6.45, 7) is 3.83. The summed E-state index contributed by atoms with van der Waals surface area (Å²) in [7, 11) is 0. The Morgan fingerprint density at radius 3 is 2.42 bits per heavy atom. The van der Waals surface area contributed by atoms with Gasteiger partial charge in [-0.1, -0.05) is 49.4 Å². The van der Waals surface area contributed by atoms with E-state index in [1.54, 1.807) is 24.3 Å². The zero-order valence-electron chi connectivity index (χ0n) is 14.8. The molecule has 0 aliphatic carbocycles. The number of amides is 1. The van der Waals surface area contributed by atoms with Crippen molar-refractivity contribution in [2.24, 2.45) is 0 Å². The molecule has 0 radical (unpaired) electrons. The van der Waals surface area contributed by atoms with Crippen molar-refractivity contribution in [1.82, 2.24) is 25.1 Å². The molecule has 1 atom stereocenters. The van der Waals surface area contributed by atoms with Gasteiger partial charge in [-0.25, -0.2) is 4.79 Å². The van der Waals surface area contributed by atoms with Gasteiger partial charge in [0.2, 0.25) is 5.91 Å². The summed E-state index contributed by atoms with van der Waals surface area (Å²) in [4.78, 5) is 24.6. The second-order valence-electron chi connectivity index (χ2n) is 6.05. The molecule has 26 heavy (non-hydrogen) atoms. The van der Waals surface area contributed by atoms with Gasteiger partial charge in [-0.05, 0) is 47.0 Å². The fraction of sp³-hybridized carbons (Fsp3) is 0.263. The van der Waals surface area contributed by atoms with Gasteiger partial charge in [0.25, 0.3) is 0 Å². The van der Waals surface area contributed by atoms with Crippen LogP contribution in [-0.2, 0) is 17.8 Å². The van der Waals surface area contributed by atoms with Crippen molar-refractivity contribution in [1.29, 1.82) is 0 Å². The monoisotopic (exact) mass is 351 g/mol. The van der Waals surface area contributed by atoms with Crippen LogP contribution in [0.1, 0.15) is 31.0 Å². The van der Waals surface area contributed by atoms with Crippen LogP contribution in [0.15, 0.2) is 59.4 Å². The zero-order chi connectivity index (χ0) is 18.5. The van der Waals surface area contributed by atoms with Crippen LogP contribution in [0.5, 0.6) is 0 Å². The van der Waals surface area contributed by atoms with E-state index in [-0.39, 0.29) is 18.5 Å². The maximum absolute atomic E-state index is 12.4. The number of carbonyl (C=O) groups excluding carboxylic acids is 1. The van der Waals surface area contributed by atoms with Gasteiger partial charge in [0.1, 0.15) is 6.54 Å². The van der Waals surface area contributed by atoms with Gasteiger partial charge in [-0.15, -0.1) is 0 Å². The SMILES string of the molecule is CCc1ccc(C(C)NC(=O)Cn2nnn(-c3ccccc3)c2=O)cc1. The molecule has 1 N–H and O–H groups in total. The first-order chi connectivity index (χ1) is 12.6. The first-order valence-electron chi connectivity index (χ1n) is 8.55. The number of aryl methyl sites for hydroxylation is 1. The maximum Gasteiger partial charge on any atom is 0.368 e. The molecule has 0 fully saturated rings. The number of nitrogens with zero attached hydrogens (tertiary/aromatic N) is 4. The molecule has 1 aromatic heterocycles. The Hall–Kier alpha value is -3.22. The van der Waals surface area contributed by atoms with E-state index in [1.165, 1.54) is 10.2 Å². The number of hydrogen-bond donors (Lipinski definition) is 1. The molecule has 1 heterocycles. The average molecular weight is 351 g/mol. The number of carbonyl (C=O) groups is 1. The lowest BCUT2D eigenvalue weighted by molar-refractivity contribution is -0.122. The summed E-state index contributed by atoms with van der Waals surface area (Å²) in [6, 6.07) is 16.9. The minimum absolute atomic E-state index is 0.159. The van der Waals surface area contributed by atoms with Gasteiger partial charge in [0.15, 0.2) is 0 Å². The van der Waals surface area contributed by atoms with E-state index in [0.29, 0.717) is 5.69 Å². The highest BCUT2D eigenvalue weighted by Crippen LogP contribution is 2.13. The second kappa shape index (κ2) is 7.77. The number of nitrogens with one attached hydrogen (secondary N) is 1. The minimum atomic E-state index is -0.452. The van der Waals surface area contributed by atoms with E-state index < -0.39 is 5.69 Å². The molecular formula is C19H21N5O2. The van der Waals surface area contributed by atoms with Crippen LogP contribution >= 0.6 is 0 Å². The van der Waals surface area contributed by atoms with Gasteiger partial charge in [-0.3, -0.25) is 4.79 Å². The van der Waals surface area contributed by atoms with E-state index in [4.69, 9.17) is 0 Å². The van der Waals surface area contributed by atoms with Crippen molar-refractivity contribution in [3.63, 3.8) is 0 Å². The molecule has 0 saturated heterocycles. The number of para-hydroxylation sites is 1. The number of rotatable bonds is 6. The molecule has 0 saturated carbocycles. The highest BCUT2D eigenvalue weighted by Gasteiger charge is 2.14. The lowest BCUT2D eigenvalue weighted by Crippen LogP contribution is -2.34. The Morgan fingerprint density at radius 1 is 1.08 bits per heavy atom. The van der Waals surface area contributed by atoms with Crippen LogP contribution in [0.3, 0.4) is 0 Å². The van der Waals surface area contributed by atoms with Gasteiger partial charge >= 0.3 is 5.69 Å². The summed E-state index contributed by atoms with van der Waals surface area (Å²) >= 11 is 0. The third-order valence-electron chi connectivity index (χ3n) is 4.20. The Bertz CT molecular complexity index is 929. The molecular weight excluding hydrogens is 330 g/mol. The molecule has 3 rings (SSSR count). The number of hydrogen-bond acceptors (Lipinski definition) is 4. The van der Waals surface area contributed by atoms with Crippen molar-refractivity contribution >= 4 is 5.91 Å². The summed E-state index contributed by atoms with van der Waals surface area (Å²) in [5.41, 5.74) is 2.41. The molecule has 0 bridgehead atoms. The summed E-state index contributed by atoms with van der Waals surface area (Å²) in [5.74, 6) is -0.292. The van der Waals surface area contributed by atoms with E-state index in [2.05, 4.69) is 22.7 Å². The topological polar surface area (TPSA) is 81.8 Å². The van der Waals surface area contributed by atoms with E-state index in [1.807, 2.05) is 37.3 Å². The predicted octanol–water partition coefficient (Wildman–Crippen LogP) is 1.87. The summed E-state index contributed by atoms with van der Waals surface area (Å²) < 4.78 is 2.22. The standard InChI is InChI=1S/C19H21N5O2/c1-3-15-9-11-16(12-10-15)14(2)20-18(25)13-23-19(26)24(22-21-23)17-7-5-4-6-8-17/h4-12,14H,3,13H2,1-2H3,(H,20,25). The zero-order valence-corrected chi connectivity index (χ0v) is 14.8. The summed E-state index contributed by atoms with van der Waals surface area (Å²) in [6.07, 6.45) is 0.973. The predicted molar refractivity (Wildman–Crippen MR) is 98.0 cm³/mol. The molecule has 7 nitrogen and oxygen atoms in total. The fourth-order valence-electron chi connectivity index (χ4n) is 2.65. The number of aromatic nitrogens is 4. The third kappa shape index (κ3) is 3.88. The smallest absolute Gasteiger partial charge is 0.348 e. The Balaban J connectivity index is 1.66. The Labute approximate surface area is 151 Å². The molecule has 0 spiro atoms. The van der Waals surface area contributed by atoms with Gasteiger partial charge in [0.05, 0.1) is 11.7 Å². The van der Waals surface area contributed by atoms with Crippen LogP contribution in [0, 0.1) is 0 Å². The number of benzene rings is 2. The number of tetrazole rings is 1. The molecule has 3 aromatic rings. The van der Waals surface area contributed by atoms with Crippen LogP contribution in [0.25, 0.3) is 5.69 Å². The fourth-order valence-corrected chi connectivity index (χ4v) is 2.65. The molecule has 0 aliphatic rings. The van der Waals surface area contributed by atoms with E-state index >= 15 is 0 Å². The summed E-state index contributed by atoms with van der Waals surface area (Å²) in [5, 5.41) is 10.5. The molecule has 1 unspecified atom stereocenters. The first kappa shape index (κ1) is 17.6. The molecule has 134 valence electrons. The Kier molecular flexibility index (Phi) is 5.26. The van der Waals surface area contributed by atoms with Gasteiger partial charge in [-0.2, -0.15) is 9.36 Å². The quantitative estimate of drug-likeness (QED) is 0.735. The van der Waals surface area contributed by atoms with Crippen LogP contribution in [0.2, 0.25) is 0 Å². The van der Waals surface area contributed by atoms with Crippen LogP contribution in [0.4, 0.5) is 0 Å².